The Balaban J connectivity index is 1.05. The predicted octanol–water partition coefficient (Wildman–Crippen LogP) is 8.34. The number of benzene rings is 1. The Hall–Kier alpha value is -1.96. The summed E-state index contributed by atoms with van der Waals surface area (Å²) in [4.78, 5) is 14.6. The van der Waals surface area contributed by atoms with Gasteiger partial charge in [-0.05, 0) is 146 Å². The second-order valence-corrected chi connectivity index (χ2v) is 22.0. The first-order valence-electron chi connectivity index (χ1n) is 20.3. The van der Waals surface area contributed by atoms with Crippen LogP contribution in [0.5, 0.6) is 0 Å². The average molecular weight is 717 g/mol. The van der Waals surface area contributed by atoms with Crippen molar-refractivity contribution in [2.75, 3.05) is 32.5 Å². The van der Waals surface area contributed by atoms with Crippen LogP contribution in [0.1, 0.15) is 122 Å². The normalized spacial score (nSPS) is 44.8. The molecule has 1 aromatic carbocycles. The van der Waals surface area contributed by atoms with Crippen LogP contribution in [-0.4, -0.2) is 68.6 Å². The SMILES string of the molecule is C=C(C)[C@@H]1CC[C@]2(NCCN3C[C@@H]4CC3CS4(=O)=O)CC[C@]3(C)[C@H](CC[C@@H]4[C@@]5(C)CC=C(c6ccc(C(=O)OC)cc6)C(C)(C)[C@@H]5CC[C@]43C)[C@@H]12. The maximum atomic E-state index is 12.4. The molecule has 2 aliphatic heterocycles. The number of methoxy groups -OCH3 is 1. The van der Waals surface area contributed by atoms with Crippen molar-refractivity contribution in [1.82, 2.24) is 10.2 Å². The number of rotatable bonds is 7. The van der Waals surface area contributed by atoms with E-state index in [2.05, 4.69) is 76.5 Å². The zero-order chi connectivity index (χ0) is 36.4. The molecule has 1 N–H and O–H groups in total. The van der Waals surface area contributed by atoms with Crippen molar-refractivity contribution < 1.29 is 17.9 Å². The zero-order valence-corrected chi connectivity index (χ0v) is 33.3. The van der Waals surface area contributed by atoms with Crippen molar-refractivity contribution in [2.45, 2.75) is 123 Å². The van der Waals surface area contributed by atoms with Gasteiger partial charge in [-0.2, -0.15) is 0 Å². The first kappa shape index (κ1) is 36.0. The summed E-state index contributed by atoms with van der Waals surface area (Å²) in [6.07, 6.45) is 14.8. The summed E-state index contributed by atoms with van der Waals surface area (Å²) in [6, 6.07) is 8.33. The molecule has 2 heterocycles. The van der Waals surface area contributed by atoms with Crippen LogP contribution in [0.4, 0.5) is 0 Å². The van der Waals surface area contributed by atoms with E-state index >= 15 is 0 Å². The van der Waals surface area contributed by atoms with Crippen LogP contribution in [0.3, 0.4) is 0 Å². The third kappa shape index (κ3) is 5.12. The largest absolute Gasteiger partial charge is 0.465 e. The number of ether oxygens (including phenoxy) is 1. The lowest BCUT2D eigenvalue weighted by Gasteiger charge is -2.72. The molecule has 6 fully saturated rings. The number of likely N-dealkylation sites (tertiary alicyclic amines) is 1. The quantitative estimate of drug-likeness (QED) is 0.226. The predicted molar refractivity (Wildman–Crippen MR) is 206 cm³/mol. The van der Waals surface area contributed by atoms with Crippen LogP contribution >= 0.6 is 0 Å². The second-order valence-electron chi connectivity index (χ2n) is 19.7. The number of esters is 1. The van der Waals surface area contributed by atoms with Gasteiger partial charge in [0.2, 0.25) is 0 Å². The van der Waals surface area contributed by atoms with Crippen LogP contribution in [-0.2, 0) is 14.6 Å². The van der Waals surface area contributed by atoms with Gasteiger partial charge in [-0.3, -0.25) is 4.90 Å². The fraction of sp³-hybridized carbons (Fsp3) is 0.750. The zero-order valence-electron chi connectivity index (χ0n) is 32.5. The maximum Gasteiger partial charge on any atom is 0.337 e. The van der Waals surface area contributed by atoms with Gasteiger partial charge in [0.05, 0.1) is 23.7 Å². The van der Waals surface area contributed by atoms with Crippen LogP contribution in [0.15, 0.2) is 42.5 Å². The molecule has 280 valence electrons. The molecule has 0 aromatic heterocycles. The monoisotopic (exact) mass is 716 g/mol. The molecular formula is C44H64N2O4S. The van der Waals surface area contributed by atoms with Crippen LogP contribution in [0.2, 0.25) is 0 Å². The highest BCUT2D eigenvalue weighted by atomic mass is 32.2. The molecule has 7 heteroatoms. The van der Waals surface area contributed by atoms with Gasteiger partial charge in [-0.25, -0.2) is 13.2 Å². The Bertz CT molecular complexity index is 1730. The summed E-state index contributed by atoms with van der Waals surface area (Å²) >= 11 is 0. The number of allylic oxidation sites excluding steroid dienone is 3. The lowest BCUT2D eigenvalue weighted by molar-refractivity contribution is -0.219. The summed E-state index contributed by atoms with van der Waals surface area (Å²) in [5.74, 6) is 3.27. The highest BCUT2D eigenvalue weighted by Gasteiger charge is 2.70. The fourth-order valence-corrected chi connectivity index (χ4v) is 17.0. The molecule has 6 nitrogen and oxygen atoms in total. The topological polar surface area (TPSA) is 75.7 Å². The minimum atomic E-state index is -2.86. The Labute approximate surface area is 308 Å². The Morgan fingerprint density at radius 1 is 0.961 bits per heavy atom. The minimum Gasteiger partial charge on any atom is -0.465 e. The molecule has 0 amide bonds. The van der Waals surface area contributed by atoms with Gasteiger partial charge in [0.15, 0.2) is 9.84 Å². The van der Waals surface area contributed by atoms with Gasteiger partial charge in [-0.15, -0.1) is 0 Å². The van der Waals surface area contributed by atoms with Crippen molar-refractivity contribution in [3.8, 4) is 0 Å². The van der Waals surface area contributed by atoms with Crippen LogP contribution < -0.4 is 5.32 Å². The van der Waals surface area contributed by atoms with E-state index in [-0.39, 0.29) is 39.0 Å². The fourth-order valence-electron chi connectivity index (χ4n) is 15.0. The molecule has 1 unspecified atom stereocenters. The average Bonchev–Trinajstić information content (AvgIpc) is 3.75. The van der Waals surface area contributed by atoms with Crippen molar-refractivity contribution >= 4 is 21.4 Å². The van der Waals surface area contributed by atoms with E-state index in [1.54, 1.807) is 0 Å². The molecule has 11 atom stereocenters. The molecule has 2 bridgehead atoms. The molecule has 2 saturated heterocycles. The summed E-state index contributed by atoms with van der Waals surface area (Å²) in [5, 5.41) is 4.12. The van der Waals surface area contributed by atoms with Crippen LogP contribution in [0, 0.1) is 51.2 Å². The van der Waals surface area contributed by atoms with Crippen molar-refractivity contribution in [3.05, 3.63) is 53.6 Å². The molecule has 0 radical (unpaired) electrons. The van der Waals surface area contributed by atoms with E-state index in [1.165, 1.54) is 75.2 Å². The van der Waals surface area contributed by atoms with Gasteiger partial charge >= 0.3 is 5.97 Å². The van der Waals surface area contributed by atoms with Gasteiger partial charge in [0.1, 0.15) is 0 Å². The molecule has 1 aromatic rings. The van der Waals surface area contributed by atoms with Gasteiger partial charge in [0.25, 0.3) is 0 Å². The van der Waals surface area contributed by atoms with E-state index in [1.807, 2.05) is 12.1 Å². The maximum absolute atomic E-state index is 12.4. The molecule has 7 aliphatic rings. The number of nitrogens with one attached hydrogen (secondary N) is 1. The number of carbonyl (C=O) groups is 1. The number of sulfone groups is 1. The van der Waals surface area contributed by atoms with Crippen molar-refractivity contribution in [3.63, 3.8) is 0 Å². The number of hydrogen-bond acceptors (Lipinski definition) is 6. The number of nitrogens with zero attached hydrogens (tertiary/aromatic N) is 1. The van der Waals surface area contributed by atoms with Gasteiger partial charge in [0, 0.05) is 31.2 Å². The number of carbonyl (C=O) groups excluding carboxylic acids is 1. The highest BCUT2D eigenvalue weighted by molar-refractivity contribution is 7.92. The van der Waals surface area contributed by atoms with E-state index < -0.39 is 9.84 Å². The Morgan fingerprint density at radius 3 is 2.35 bits per heavy atom. The standard InChI is InChI=1S/C44H64N2O4S/c1-28(2)33-15-20-44(45-23-24-46-26-32-25-31(46)27-51(32,48)49)22-21-42(6)35(38(33)44)13-14-37-41(5)18-16-34(29-9-11-30(12-10-29)39(47)50-8)40(3,4)36(41)17-19-43(37,42)7/h9-12,16,31-33,35-38,45H,1,13-15,17-27H2,2-8H3/t31?,32-,33-,35+,36-,37+,38+,41-,42+,43+,44-/m0/s1. The summed E-state index contributed by atoms with van der Waals surface area (Å²) in [7, 11) is -1.42. The first-order chi connectivity index (χ1) is 24.0. The minimum absolute atomic E-state index is 0.0417. The third-order valence-corrected chi connectivity index (χ3v) is 19.8. The van der Waals surface area contributed by atoms with Crippen molar-refractivity contribution in [2.24, 2.45) is 51.2 Å². The molecule has 51 heavy (non-hydrogen) atoms. The van der Waals surface area contributed by atoms with Crippen LogP contribution in [0.25, 0.3) is 5.57 Å². The summed E-state index contributed by atoms with van der Waals surface area (Å²) in [5.41, 5.74) is 5.70. The van der Waals surface area contributed by atoms with E-state index in [0.717, 1.165) is 32.5 Å². The molecule has 4 saturated carbocycles. The summed E-state index contributed by atoms with van der Waals surface area (Å²) in [6.45, 7) is 22.7. The molecule has 5 aliphatic carbocycles. The number of fused-ring (bicyclic) bond motifs is 9. The lowest BCUT2D eigenvalue weighted by atomic mass is 9.33. The highest BCUT2D eigenvalue weighted by Crippen LogP contribution is 2.76. The Kier molecular flexibility index (Phi) is 8.49. The van der Waals surface area contributed by atoms with Gasteiger partial charge in [-0.1, -0.05) is 65.0 Å². The smallest absolute Gasteiger partial charge is 0.337 e. The summed E-state index contributed by atoms with van der Waals surface area (Å²) < 4.78 is 29.8. The van der Waals surface area contributed by atoms with Crippen molar-refractivity contribution in [1.29, 1.82) is 0 Å². The van der Waals surface area contributed by atoms with E-state index in [9.17, 15) is 13.2 Å². The molecular weight excluding hydrogens is 653 g/mol. The lowest BCUT2D eigenvalue weighted by Crippen LogP contribution is -2.68. The second kappa shape index (κ2) is 12.0. The molecule has 8 rings (SSSR count). The van der Waals surface area contributed by atoms with E-state index in [0.29, 0.717) is 46.3 Å². The first-order valence-corrected chi connectivity index (χ1v) is 22.0. The Morgan fingerprint density at radius 2 is 1.71 bits per heavy atom. The van der Waals surface area contributed by atoms with Gasteiger partial charge < -0.3 is 10.1 Å². The number of hydrogen-bond donors (Lipinski definition) is 1. The van der Waals surface area contributed by atoms with E-state index in [4.69, 9.17) is 4.74 Å². The third-order valence-electron chi connectivity index (χ3n) is 17.6. The molecule has 0 spiro atoms.